The SMILES string of the molecule is O=C1C(=O)N(CCO)C(c2ccc(O)cc2)/C1=C(/O)c1ccc(Cl)cc1Cl. The summed E-state index contributed by atoms with van der Waals surface area (Å²) in [5.41, 5.74) is 0.502. The third-order valence-corrected chi connectivity index (χ3v) is 4.82. The van der Waals surface area contributed by atoms with Gasteiger partial charge in [-0.3, -0.25) is 9.59 Å². The minimum atomic E-state index is -0.926. The maximum absolute atomic E-state index is 12.6. The van der Waals surface area contributed by atoms with Crippen LogP contribution in [0, 0.1) is 0 Å². The maximum atomic E-state index is 12.6. The monoisotopic (exact) mass is 407 g/mol. The summed E-state index contributed by atoms with van der Waals surface area (Å²) < 4.78 is 0. The second-order valence-corrected chi connectivity index (χ2v) is 6.78. The van der Waals surface area contributed by atoms with Gasteiger partial charge in [0.15, 0.2) is 0 Å². The molecule has 1 atom stereocenters. The van der Waals surface area contributed by atoms with Crippen LogP contribution in [0.3, 0.4) is 0 Å². The summed E-state index contributed by atoms with van der Waals surface area (Å²) in [6.07, 6.45) is 0. The van der Waals surface area contributed by atoms with Crippen molar-refractivity contribution in [3.8, 4) is 5.75 Å². The molecule has 27 heavy (non-hydrogen) atoms. The molecular formula is C19H15Cl2NO5. The number of β-amino-alcohol motifs (C(OH)–C–C–N with tert-alkyl or cyclic N) is 1. The predicted octanol–water partition coefficient (Wildman–Crippen LogP) is 3.11. The highest BCUT2D eigenvalue weighted by Crippen LogP contribution is 2.40. The number of benzene rings is 2. The molecule has 2 aromatic carbocycles. The van der Waals surface area contributed by atoms with E-state index in [0.29, 0.717) is 10.6 Å². The molecule has 0 aliphatic carbocycles. The van der Waals surface area contributed by atoms with Crippen molar-refractivity contribution in [2.45, 2.75) is 6.04 Å². The summed E-state index contributed by atoms with van der Waals surface area (Å²) in [5.74, 6) is -2.15. The van der Waals surface area contributed by atoms with Crippen LogP contribution in [0.1, 0.15) is 17.2 Å². The van der Waals surface area contributed by atoms with Gasteiger partial charge in [-0.25, -0.2) is 0 Å². The van der Waals surface area contributed by atoms with Gasteiger partial charge in [-0.05, 0) is 35.9 Å². The van der Waals surface area contributed by atoms with Gasteiger partial charge >= 0.3 is 0 Å². The van der Waals surface area contributed by atoms with Crippen molar-refractivity contribution in [1.29, 1.82) is 0 Å². The molecule has 1 amide bonds. The molecule has 0 spiro atoms. The average molecular weight is 408 g/mol. The number of aliphatic hydroxyl groups excluding tert-OH is 2. The van der Waals surface area contributed by atoms with E-state index < -0.39 is 23.5 Å². The molecule has 140 valence electrons. The molecular weight excluding hydrogens is 393 g/mol. The number of carbonyl (C=O) groups is 2. The van der Waals surface area contributed by atoms with Crippen LogP contribution in [0.5, 0.6) is 5.75 Å². The molecule has 1 aliphatic rings. The Hall–Kier alpha value is -2.54. The summed E-state index contributed by atoms with van der Waals surface area (Å²) >= 11 is 12.0. The van der Waals surface area contributed by atoms with Crippen molar-refractivity contribution in [3.05, 3.63) is 69.2 Å². The first kappa shape index (κ1) is 19.2. The van der Waals surface area contributed by atoms with Gasteiger partial charge in [-0.1, -0.05) is 35.3 Å². The number of likely N-dealkylation sites (tertiary alicyclic amines) is 1. The van der Waals surface area contributed by atoms with Crippen LogP contribution in [-0.4, -0.2) is 45.1 Å². The van der Waals surface area contributed by atoms with E-state index in [1.807, 2.05) is 0 Å². The van der Waals surface area contributed by atoms with Crippen LogP contribution < -0.4 is 0 Å². The van der Waals surface area contributed by atoms with Gasteiger partial charge in [0.05, 0.1) is 23.2 Å². The van der Waals surface area contributed by atoms with Gasteiger partial charge in [-0.2, -0.15) is 0 Å². The highest BCUT2D eigenvalue weighted by molar-refractivity contribution is 6.47. The molecule has 0 bridgehead atoms. The van der Waals surface area contributed by atoms with Gasteiger partial charge in [0.2, 0.25) is 0 Å². The van der Waals surface area contributed by atoms with E-state index in [4.69, 9.17) is 23.2 Å². The highest BCUT2D eigenvalue weighted by Gasteiger charge is 2.45. The van der Waals surface area contributed by atoms with Crippen molar-refractivity contribution in [2.75, 3.05) is 13.2 Å². The van der Waals surface area contributed by atoms with E-state index in [9.17, 15) is 24.9 Å². The number of rotatable bonds is 4. The van der Waals surface area contributed by atoms with E-state index in [1.54, 1.807) is 0 Å². The standard InChI is InChI=1S/C19H15Cl2NO5/c20-11-3-6-13(14(21)9-11)17(25)15-16(10-1-4-12(24)5-2-10)22(7-8-23)19(27)18(15)26/h1-6,9,16,23-25H,7-8H2/b17-15-. The first-order valence-corrected chi connectivity index (χ1v) is 8.74. The fourth-order valence-electron chi connectivity index (χ4n) is 3.05. The van der Waals surface area contributed by atoms with E-state index in [1.165, 1.54) is 47.4 Å². The molecule has 8 heteroatoms. The van der Waals surface area contributed by atoms with Crippen molar-refractivity contribution >= 4 is 40.7 Å². The molecule has 1 heterocycles. The quantitative estimate of drug-likeness (QED) is 0.410. The third kappa shape index (κ3) is 3.51. The van der Waals surface area contributed by atoms with Gasteiger partial charge in [0, 0.05) is 17.1 Å². The molecule has 1 fully saturated rings. The lowest BCUT2D eigenvalue weighted by Crippen LogP contribution is -2.32. The summed E-state index contributed by atoms with van der Waals surface area (Å²) in [7, 11) is 0. The second-order valence-electron chi connectivity index (χ2n) is 5.93. The van der Waals surface area contributed by atoms with Gasteiger partial charge in [0.1, 0.15) is 11.5 Å². The van der Waals surface area contributed by atoms with Crippen LogP contribution in [0.4, 0.5) is 0 Å². The summed E-state index contributed by atoms with van der Waals surface area (Å²) in [6.45, 7) is -0.454. The molecule has 3 N–H and O–H groups in total. The smallest absolute Gasteiger partial charge is 0.295 e. The lowest BCUT2D eigenvalue weighted by atomic mass is 9.95. The Kier molecular flexibility index (Phi) is 5.41. The predicted molar refractivity (Wildman–Crippen MR) is 101 cm³/mol. The van der Waals surface area contributed by atoms with Crippen molar-refractivity contribution in [3.63, 3.8) is 0 Å². The summed E-state index contributed by atoms with van der Waals surface area (Å²) in [5, 5.41) is 30.1. The molecule has 0 saturated carbocycles. The molecule has 3 rings (SSSR count). The average Bonchev–Trinajstić information content (AvgIpc) is 2.87. The number of aromatic hydroxyl groups is 1. The Morgan fingerprint density at radius 3 is 2.33 bits per heavy atom. The van der Waals surface area contributed by atoms with Gasteiger partial charge < -0.3 is 20.2 Å². The normalized spacial score (nSPS) is 18.9. The van der Waals surface area contributed by atoms with Crippen LogP contribution >= 0.6 is 23.2 Å². The minimum absolute atomic E-state index is 0.0126. The number of carbonyl (C=O) groups excluding carboxylic acids is 2. The Morgan fingerprint density at radius 2 is 1.74 bits per heavy atom. The molecule has 2 aromatic rings. The van der Waals surface area contributed by atoms with E-state index in [0.717, 1.165) is 0 Å². The zero-order chi connectivity index (χ0) is 19.7. The van der Waals surface area contributed by atoms with Crippen LogP contribution in [0.15, 0.2) is 48.0 Å². The first-order chi connectivity index (χ1) is 12.8. The largest absolute Gasteiger partial charge is 0.508 e. The molecule has 1 unspecified atom stereocenters. The zero-order valence-electron chi connectivity index (χ0n) is 13.9. The Labute approximate surface area is 164 Å². The molecule has 0 aromatic heterocycles. The summed E-state index contributed by atoms with van der Waals surface area (Å²) in [6, 6.07) is 9.32. The lowest BCUT2D eigenvalue weighted by molar-refractivity contribution is -0.140. The van der Waals surface area contributed by atoms with E-state index in [2.05, 4.69) is 0 Å². The fraction of sp³-hybridized carbons (Fsp3) is 0.158. The topological polar surface area (TPSA) is 98.1 Å². The van der Waals surface area contributed by atoms with Crippen molar-refractivity contribution in [1.82, 2.24) is 4.90 Å². The van der Waals surface area contributed by atoms with Crippen molar-refractivity contribution in [2.24, 2.45) is 0 Å². The molecule has 1 aliphatic heterocycles. The third-order valence-electron chi connectivity index (χ3n) is 4.28. The van der Waals surface area contributed by atoms with Crippen LogP contribution in [-0.2, 0) is 9.59 Å². The zero-order valence-corrected chi connectivity index (χ0v) is 15.4. The number of Topliss-reactive ketones (excluding diaryl/α,β-unsaturated/α-hetero) is 1. The lowest BCUT2D eigenvalue weighted by Gasteiger charge is -2.24. The van der Waals surface area contributed by atoms with Crippen LogP contribution in [0.2, 0.25) is 10.0 Å². The molecule has 6 nitrogen and oxygen atoms in total. The number of ketones is 1. The maximum Gasteiger partial charge on any atom is 0.295 e. The summed E-state index contributed by atoms with van der Waals surface area (Å²) in [4.78, 5) is 26.2. The number of phenols is 1. The fourth-order valence-corrected chi connectivity index (χ4v) is 3.55. The first-order valence-electron chi connectivity index (χ1n) is 7.98. The minimum Gasteiger partial charge on any atom is -0.508 e. The molecule has 1 saturated heterocycles. The van der Waals surface area contributed by atoms with Crippen LogP contribution in [0.25, 0.3) is 5.76 Å². The number of aliphatic hydroxyl groups is 2. The number of hydrogen-bond acceptors (Lipinski definition) is 5. The number of nitrogens with zero attached hydrogens (tertiary/aromatic N) is 1. The van der Waals surface area contributed by atoms with E-state index >= 15 is 0 Å². The van der Waals surface area contributed by atoms with Crippen molar-refractivity contribution < 1.29 is 24.9 Å². The number of phenolic OH excluding ortho intramolecular Hbond substituents is 1. The Balaban J connectivity index is 2.21. The highest BCUT2D eigenvalue weighted by atomic mass is 35.5. The Bertz CT molecular complexity index is 940. The second kappa shape index (κ2) is 7.60. The van der Waals surface area contributed by atoms with Gasteiger partial charge in [-0.15, -0.1) is 0 Å². The Morgan fingerprint density at radius 1 is 1.07 bits per heavy atom. The number of amides is 1. The number of hydrogen-bond donors (Lipinski definition) is 3. The van der Waals surface area contributed by atoms with Gasteiger partial charge in [0.25, 0.3) is 11.7 Å². The number of halogens is 2. The van der Waals surface area contributed by atoms with E-state index in [-0.39, 0.29) is 35.1 Å². The molecule has 0 radical (unpaired) electrons.